The van der Waals surface area contributed by atoms with Gasteiger partial charge in [-0.05, 0) is 50.6 Å². The summed E-state index contributed by atoms with van der Waals surface area (Å²) in [5.74, 6) is 1.27. The Kier molecular flexibility index (Phi) is 4.86. The summed E-state index contributed by atoms with van der Waals surface area (Å²) >= 11 is 0. The Balaban J connectivity index is 1.56. The second-order valence-electron chi connectivity index (χ2n) is 7.13. The highest BCUT2D eigenvalue weighted by Crippen LogP contribution is 2.29. The Morgan fingerprint density at radius 3 is 2.93 bits per heavy atom. The summed E-state index contributed by atoms with van der Waals surface area (Å²) in [5.41, 5.74) is 3.62. The van der Waals surface area contributed by atoms with Gasteiger partial charge < -0.3 is 19.8 Å². The number of amides is 1. The molecule has 4 rings (SSSR count). The van der Waals surface area contributed by atoms with Crippen LogP contribution >= 0.6 is 0 Å². The second kappa shape index (κ2) is 7.45. The van der Waals surface area contributed by atoms with Crippen molar-refractivity contribution in [3.63, 3.8) is 0 Å². The van der Waals surface area contributed by atoms with E-state index in [1.807, 2.05) is 37.3 Å². The molecule has 0 radical (unpaired) electrons. The number of benzene rings is 2. The van der Waals surface area contributed by atoms with Crippen molar-refractivity contribution >= 4 is 16.9 Å². The molecule has 140 valence electrons. The second-order valence-corrected chi connectivity index (χ2v) is 7.13. The van der Waals surface area contributed by atoms with E-state index in [0.29, 0.717) is 23.5 Å². The van der Waals surface area contributed by atoms with Crippen molar-refractivity contribution in [3.05, 3.63) is 64.9 Å². The fraction of sp³-hybridized carbons (Fsp3) is 0.318. The highest BCUT2D eigenvalue weighted by Gasteiger charge is 2.23. The monoisotopic (exact) mass is 364 g/mol. The van der Waals surface area contributed by atoms with Gasteiger partial charge in [0.25, 0.3) is 5.91 Å². The van der Waals surface area contributed by atoms with E-state index in [1.165, 1.54) is 5.56 Å². The van der Waals surface area contributed by atoms with Gasteiger partial charge >= 0.3 is 0 Å². The number of furan rings is 1. The molecule has 1 aliphatic rings. The van der Waals surface area contributed by atoms with Crippen LogP contribution in [0.4, 0.5) is 0 Å². The molecule has 3 aromatic rings. The molecule has 1 amide bonds. The third-order valence-corrected chi connectivity index (χ3v) is 4.95. The van der Waals surface area contributed by atoms with Crippen molar-refractivity contribution in [3.8, 4) is 5.75 Å². The predicted octanol–water partition coefficient (Wildman–Crippen LogP) is 3.72. The lowest BCUT2D eigenvalue weighted by Crippen LogP contribution is -2.36. The van der Waals surface area contributed by atoms with Crippen LogP contribution in [0.25, 0.3) is 11.0 Å². The van der Waals surface area contributed by atoms with E-state index >= 15 is 0 Å². The molecule has 2 N–H and O–H groups in total. The predicted molar refractivity (Wildman–Crippen MR) is 105 cm³/mol. The van der Waals surface area contributed by atoms with Crippen LogP contribution in [0.15, 0.2) is 46.9 Å². The molecule has 0 spiro atoms. The van der Waals surface area contributed by atoms with E-state index in [-0.39, 0.29) is 11.9 Å². The van der Waals surface area contributed by atoms with E-state index in [0.717, 1.165) is 36.2 Å². The maximum atomic E-state index is 12.8. The Labute approximate surface area is 158 Å². The van der Waals surface area contributed by atoms with Crippen molar-refractivity contribution in [2.75, 3.05) is 13.1 Å². The number of carbonyl (C=O) groups excluding carboxylic acids is 1. The number of fused-ring (bicyclic) bond motifs is 1. The van der Waals surface area contributed by atoms with Crippen LogP contribution in [0, 0.1) is 13.8 Å². The zero-order chi connectivity index (χ0) is 18.8. The van der Waals surface area contributed by atoms with E-state index < -0.39 is 0 Å². The van der Waals surface area contributed by atoms with Crippen LogP contribution in [0.3, 0.4) is 0 Å². The summed E-state index contributed by atoms with van der Waals surface area (Å²) in [6.07, 6.45) is 0.950. The Bertz CT molecular complexity index is 971. The number of hydrogen-bond acceptors (Lipinski definition) is 4. The smallest absolute Gasteiger partial charge is 0.255 e. The molecule has 0 unspecified atom stereocenters. The maximum absolute atomic E-state index is 12.8. The van der Waals surface area contributed by atoms with Crippen molar-refractivity contribution in [1.82, 2.24) is 10.6 Å². The van der Waals surface area contributed by atoms with E-state index in [2.05, 4.69) is 29.7 Å². The molecule has 2 aromatic carbocycles. The lowest BCUT2D eigenvalue weighted by molar-refractivity contribution is 0.0940. The van der Waals surface area contributed by atoms with Crippen molar-refractivity contribution < 1.29 is 13.9 Å². The summed E-state index contributed by atoms with van der Waals surface area (Å²) in [4.78, 5) is 12.8. The Morgan fingerprint density at radius 1 is 1.26 bits per heavy atom. The molecule has 0 saturated carbocycles. The molecule has 1 atom stereocenters. The largest absolute Gasteiger partial charge is 0.489 e. The van der Waals surface area contributed by atoms with Gasteiger partial charge in [0.15, 0.2) is 0 Å². The summed E-state index contributed by atoms with van der Waals surface area (Å²) in [6.45, 7) is 6.13. The molecule has 5 nitrogen and oxygen atoms in total. The highest BCUT2D eigenvalue weighted by molar-refractivity contribution is 6.07. The first-order valence-electron chi connectivity index (χ1n) is 9.33. The van der Waals surface area contributed by atoms with Crippen molar-refractivity contribution in [1.29, 1.82) is 0 Å². The average Bonchev–Trinajstić information content (AvgIpc) is 3.26. The lowest BCUT2D eigenvalue weighted by atomic mass is 10.1. The van der Waals surface area contributed by atoms with E-state index in [4.69, 9.17) is 9.15 Å². The molecule has 1 fully saturated rings. The third-order valence-electron chi connectivity index (χ3n) is 4.95. The standard InChI is InChI=1S/C22H24N2O3/c1-14-4-3-5-16(10-14)13-26-18-6-7-20-19(11-18)21(15(2)27-20)22(25)24-17-8-9-23-12-17/h3-7,10-11,17,23H,8-9,12-13H2,1-2H3,(H,24,25)/t17-/m0/s1. The van der Waals surface area contributed by atoms with Gasteiger partial charge in [-0.1, -0.05) is 29.8 Å². The SMILES string of the molecule is Cc1cccc(COc2ccc3oc(C)c(C(=O)N[C@H]4CCNC4)c3c2)c1. The highest BCUT2D eigenvalue weighted by atomic mass is 16.5. The first-order valence-corrected chi connectivity index (χ1v) is 9.33. The van der Waals surface area contributed by atoms with Crippen molar-refractivity contribution in [2.24, 2.45) is 0 Å². The van der Waals surface area contributed by atoms with E-state index in [1.54, 1.807) is 0 Å². The van der Waals surface area contributed by atoms with Gasteiger partial charge in [0.1, 0.15) is 23.7 Å². The number of rotatable bonds is 5. The zero-order valence-corrected chi connectivity index (χ0v) is 15.7. The molecular weight excluding hydrogens is 340 g/mol. The van der Waals surface area contributed by atoms with Gasteiger partial charge in [0.2, 0.25) is 0 Å². The molecule has 2 heterocycles. The Hall–Kier alpha value is -2.79. The minimum absolute atomic E-state index is 0.0872. The van der Waals surface area contributed by atoms with Crippen LogP contribution in [0.5, 0.6) is 5.75 Å². The summed E-state index contributed by atoms with van der Waals surface area (Å²) in [7, 11) is 0. The lowest BCUT2D eigenvalue weighted by Gasteiger charge is -2.11. The Morgan fingerprint density at radius 2 is 2.15 bits per heavy atom. The topological polar surface area (TPSA) is 63.5 Å². The van der Waals surface area contributed by atoms with E-state index in [9.17, 15) is 4.79 Å². The fourth-order valence-corrected chi connectivity index (χ4v) is 3.58. The van der Waals surface area contributed by atoms with Crippen LogP contribution in [-0.4, -0.2) is 25.0 Å². The molecule has 27 heavy (non-hydrogen) atoms. The number of nitrogens with one attached hydrogen (secondary N) is 2. The molecule has 1 saturated heterocycles. The molecule has 1 aliphatic heterocycles. The van der Waals surface area contributed by atoms with Crippen molar-refractivity contribution in [2.45, 2.75) is 32.9 Å². The van der Waals surface area contributed by atoms with Gasteiger partial charge in [-0.3, -0.25) is 4.79 Å². The number of carbonyl (C=O) groups is 1. The quantitative estimate of drug-likeness (QED) is 0.724. The molecular formula is C22H24N2O3. The van der Waals surface area contributed by atoms with Crippen LogP contribution in [0.2, 0.25) is 0 Å². The third kappa shape index (κ3) is 3.83. The first-order chi connectivity index (χ1) is 13.1. The normalized spacial score (nSPS) is 16.6. The van der Waals surface area contributed by atoms with Crippen LogP contribution < -0.4 is 15.4 Å². The minimum atomic E-state index is -0.0872. The number of hydrogen-bond donors (Lipinski definition) is 2. The number of ether oxygens (including phenoxy) is 1. The summed E-state index contributed by atoms with van der Waals surface area (Å²) in [6, 6.07) is 14.0. The molecule has 5 heteroatoms. The van der Waals surface area contributed by atoms with Crippen LogP contribution in [-0.2, 0) is 6.61 Å². The average molecular weight is 364 g/mol. The first kappa shape index (κ1) is 17.6. The van der Waals surface area contributed by atoms with Gasteiger partial charge in [-0.25, -0.2) is 0 Å². The zero-order valence-electron chi connectivity index (χ0n) is 15.7. The maximum Gasteiger partial charge on any atom is 0.255 e. The van der Waals surface area contributed by atoms with Gasteiger partial charge in [0, 0.05) is 18.0 Å². The summed E-state index contributed by atoms with van der Waals surface area (Å²) < 4.78 is 11.7. The minimum Gasteiger partial charge on any atom is -0.489 e. The van der Waals surface area contributed by atoms with Gasteiger partial charge in [-0.2, -0.15) is 0 Å². The molecule has 0 bridgehead atoms. The van der Waals surface area contributed by atoms with Gasteiger partial charge in [-0.15, -0.1) is 0 Å². The molecule has 1 aromatic heterocycles. The van der Waals surface area contributed by atoms with Gasteiger partial charge in [0.05, 0.1) is 5.56 Å². The van der Waals surface area contributed by atoms with Crippen LogP contribution in [0.1, 0.15) is 33.7 Å². The fourth-order valence-electron chi connectivity index (χ4n) is 3.58. The summed E-state index contributed by atoms with van der Waals surface area (Å²) in [5, 5.41) is 7.15. The molecule has 0 aliphatic carbocycles. The number of aryl methyl sites for hydroxylation is 2.